The Morgan fingerprint density at radius 1 is 1.42 bits per heavy atom. The number of thioether (sulfide) groups is 1. The summed E-state index contributed by atoms with van der Waals surface area (Å²) in [5.74, 6) is 0.876. The molecule has 1 aromatic rings. The van der Waals surface area contributed by atoms with Crippen LogP contribution in [0.15, 0.2) is 4.47 Å². The second-order valence-corrected chi connectivity index (χ2v) is 6.84. The van der Waals surface area contributed by atoms with Gasteiger partial charge in [0.15, 0.2) is 0 Å². The molecule has 5 heteroatoms. The van der Waals surface area contributed by atoms with Crippen molar-refractivity contribution in [3.63, 3.8) is 0 Å². The first kappa shape index (κ1) is 16.8. The van der Waals surface area contributed by atoms with Crippen LogP contribution in [-0.2, 0) is 24.2 Å². The lowest BCUT2D eigenvalue weighted by Gasteiger charge is -2.08. The number of aryl methyl sites for hydroxylation is 2. The lowest BCUT2D eigenvalue weighted by molar-refractivity contribution is -0.116. The zero-order chi connectivity index (χ0) is 14.4. The van der Waals surface area contributed by atoms with Crippen LogP contribution < -0.4 is 0 Å². The highest BCUT2D eigenvalue weighted by atomic mass is 79.9. The molecule has 0 aliphatic heterocycles. The topological polar surface area (TPSA) is 34.9 Å². The van der Waals surface area contributed by atoms with E-state index in [4.69, 9.17) is 0 Å². The summed E-state index contributed by atoms with van der Waals surface area (Å²) in [5, 5.41) is 5.07. The highest BCUT2D eigenvalue weighted by Crippen LogP contribution is 2.23. The van der Waals surface area contributed by atoms with Crippen LogP contribution >= 0.6 is 27.7 Å². The molecular formula is C14H23BrN2OS. The van der Waals surface area contributed by atoms with Crippen molar-refractivity contribution in [3.8, 4) is 0 Å². The molecule has 0 aliphatic rings. The molecule has 0 aromatic carbocycles. The molecule has 0 bridgehead atoms. The van der Waals surface area contributed by atoms with Crippen LogP contribution in [0, 0.1) is 0 Å². The average molecular weight is 347 g/mol. The molecule has 1 rings (SSSR count). The minimum absolute atomic E-state index is 0.281. The number of carbonyl (C=O) groups excluding carboxylic acids is 1. The van der Waals surface area contributed by atoms with Gasteiger partial charge in [-0.1, -0.05) is 20.8 Å². The molecule has 1 atom stereocenters. The Kier molecular flexibility index (Phi) is 7.15. The maximum atomic E-state index is 12.1. The van der Waals surface area contributed by atoms with E-state index in [9.17, 15) is 4.79 Å². The largest absolute Gasteiger partial charge is 0.298 e. The maximum absolute atomic E-state index is 12.1. The predicted molar refractivity (Wildman–Crippen MR) is 85.9 cm³/mol. The Labute approximate surface area is 128 Å². The number of halogens is 1. The zero-order valence-corrected chi connectivity index (χ0v) is 14.6. The molecule has 0 spiro atoms. The van der Waals surface area contributed by atoms with Gasteiger partial charge in [0.2, 0.25) is 0 Å². The summed E-state index contributed by atoms with van der Waals surface area (Å²) < 4.78 is 2.95. The van der Waals surface area contributed by atoms with E-state index >= 15 is 0 Å². The van der Waals surface area contributed by atoms with Gasteiger partial charge in [0.05, 0.1) is 28.0 Å². The van der Waals surface area contributed by atoms with Crippen molar-refractivity contribution in [2.24, 2.45) is 0 Å². The smallest absolute Gasteiger partial charge is 0.148 e. The molecule has 0 N–H and O–H groups in total. The minimum atomic E-state index is 0.281. The van der Waals surface area contributed by atoms with Gasteiger partial charge in [0.1, 0.15) is 5.78 Å². The molecule has 0 saturated carbocycles. The lowest BCUT2D eigenvalue weighted by Crippen LogP contribution is -2.13. The fourth-order valence-corrected chi connectivity index (χ4v) is 3.29. The SMILES string of the molecule is CCc1nn(CC)c(CC(=O)CSC(C)CC)c1Br. The molecule has 0 radical (unpaired) electrons. The van der Waals surface area contributed by atoms with Gasteiger partial charge < -0.3 is 0 Å². The lowest BCUT2D eigenvalue weighted by atomic mass is 10.2. The Bertz CT molecular complexity index is 431. The number of carbonyl (C=O) groups is 1. The third kappa shape index (κ3) is 4.63. The monoisotopic (exact) mass is 346 g/mol. The van der Waals surface area contributed by atoms with Gasteiger partial charge in [-0.2, -0.15) is 16.9 Å². The van der Waals surface area contributed by atoms with Gasteiger partial charge in [-0.15, -0.1) is 0 Å². The summed E-state index contributed by atoms with van der Waals surface area (Å²) in [7, 11) is 0. The van der Waals surface area contributed by atoms with Crippen molar-refractivity contribution in [1.82, 2.24) is 9.78 Å². The Balaban J connectivity index is 2.70. The van der Waals surface area contributed by atoms with Crippen molar-refractivity contribution in [1.29, 1.82) is 0 Å². The number of nitrogens with zero attached hydrogens (tertiary/aromatic N) is 2. The number of ketones is 1. The molecule has 108 valence electrons. The van der Waals surface area contributed by atoms with Crippen molar-refractivity contribution >= 4 is 33.5 Å². The second kappa shape index (κ2) is 8.10. The minimum Gasteiger partial charge on any atom is -0.298 e. The molecule has 19 heavy (non-hydrogen) atoms. The fraction of sp³-hybridized carbons (Fsp3) is 0.714. The van der Waals surface area contributed by atoms with Gasteiger partial charge in [-0.25, -0.2) is 0 Å². The molecule has 0 amide bonds. The van der Waals surface area contributed by atoms with E-state index in [2.05, 4.69) is 48.7 Å². The maximum Gasteiger partial charge on any atom is 0.148 e. The molecule has 1 aromatic heterocycles. The summed E-state index contributed by atoms with van der Waals surface area (Å²) in [5.41, 5.74) is 2.06. The molecule has 1 heterocycles. The van der Waals surface area contributed by atoms with E-state index in [1.807, 2.05) is 4.68 Å². The molecule has 3 nitrogen and oxygen atoms in total. The van der Waals surface area contributed by atoms with E-state index in [1.54, 1.807) is 11.8 Å². The number of Topliss-reactive ketones (excluding diaryl/α,β-unsaturated/α-hetero) is 1. The summed E-state index contributed by atoms with van der Waals surface area (Å²) in [4.78, 5) is 12.1. The standard InChI is InChI=1S/C14H23BrN2OS/c1-5-10(4)19-9-11(18)8-13-14(15)12(6-2)16-17(13)7-3/h10H,5-9H2,1-4H3. The first-order chi connectivity index (χ1) is 9.03. The molecular weight excluding hydrogens is 324 g/mol. The highest BCUT2D eigenvalue weighted by molar-refractivity contribution is 9.10. The highest BCUT2D eigenvalue weighted by Gasteiger charge is 2.17. The fourth-order valence-electron chi connectivity index (χ4n) is 1.78. The van der Waals surface area contributed by atoms with Crippen LogP contribution in [-0.4, -0.2) is 26.6 Å². The van der Waals surface area contributed by atoms with E-state index in [0.29, 0.717) is 17.4 Å². The Morgan fingerprint density at radius 3 is 2.63 bits per heavy atom. The molecule has 0 fully saturated rings. The van der Waals surface area contributed by atoms with Gasteiger partial charge in [-0.3, -0.25) is 9.48 Å². The first-order valence-corrected chi connectivity index (χ1v) is 8.74. The summed E-state index contributed by atoms with van der Waals surface area (Å²) in [6, 6.07) is 0. The predicted octanol–water partition coefficient (Wildman–Crippen LogP) is 3.87. The quantitative estimate of drug-likeness (QED) is 0.716. The number of aromatic nitrogens is 2. The van der Waals surface area contributed by atoms with Crippen LogP contribution in [0.1, 0.15) is 45.5 Å². The number of rotatable bonds is 8. The summed E-state index contributed by atoms with van der Waals surface area (Å²) in [6.07, 6.45) is 2.47. The van der Waals surface area contributed by atoms with Gasteiger partial charge in [0.25, 0.3) is 0 Å². The molecule has 0 saturated heterocycles. The molecule has 0 aliphatic carbocycles. The summed E-state index contributed by atoms with van der Waals surface area (Å²) in [6.45, 7) is 9.26. The van der Waals surface area contributed by atoms with Crippen molar-refractivity contribution < 1.29 is 4.79 Å². The van der Waals surface area contributed by atoms with E-state index in [-0.39, 0.29) is 5.78 Å². The Morgan fingerprint density at radius 2 is 2.11 bits per heavy atom. The van der Waals surface area contributed by atoms with Crippen LogP contribution in [0.2, 0.25) is 0 Å². The van der Waals surface area contributed by atoms with Gasteiger partial charge in [-0.05, 0) is 35.7 Å². The number of hydrogen-bond acceptors (Lipinski definition) is 3. The first-order valence-electron chi connectivity index (χ1n) is 6.90. The van der Waals surface area contributed by atoms with E-state index < -0.39 is 0 Å². The third-order valence-electron chi connectivity index (χ3n) is 3.16. The van der Waals surface area contributed by atoms with Crippen molar-refractivity contribution in [3.05, 3.63) is 15.9 Å². The van der Waals surface area contributed by atoms with Crippen molar-refractivity contribution in [2.75, 3.05) is 5.75 Å². The van der Waals surface area contributed by atoms with Crippen LogP contribution in [0.3, 0.4) is 0 Å². The number of hydrogen-bond donors (Lipinski definition) is 0. The third-order valence-corrected chi connectivity index (χ3v) is 5.47. The van der Waals surface area contributed by atoms with Gasteiger partial charge >= 0.3 is 0 Å². The van der Waals surface area contributed by atoms with Crippen LogP contribution in [0.4, 0.5) is 0 Å². The van der Waals surface area contributed by atoms with E-state index in [0.717, 1.165) is 35.2 Å². The Hall–Kier alpha value is -0.290. The zero-order valence-electron chi connectivity index (χ0n) is 12.2. The van der Waals surface area contributed by atoms with Gasteiger partial charge in [0, 0.05) is 11.8 Å². The van der Waals surface area contributed by atoms with E-state index in [1.165, 1.54) is 0 Å². The van der Waals surface area contributed by atoms with Crippen LogP contribution in [0.25, 0.3) is 0 Å². The molecule has 1 unspecified atom stereocenters. The van der Waals surface area contributed by atoms with Crippen LogP contribution in [0.5, 0.6) is 0 Å². The second-order valence-electron chi connectivity index (χ2n) is 4.62. The average Bonchev–Trinajstić information content (AvgIpc) is 2.72. The normalized spacial score (nSPS) is 12.7. The summed E-state index contributed by atoms with van der Waals surface area (Å²) >= 11 is 5.32. The van der Waals surface area contributed by atoms with Crippen molar-refractivity contribution in [2.45, 2.75) is 58.8 Å².